The van der Waals surface area contributed by atoms with Gasteiger partial charge in [-0.1, -0.05) is 59.8 Å². The number of rotatable bonds is 2. The largest absolute Gasteiger partial charge is 0.356 e. The summed E-state index contributed by atoms with van der Waals surface area (Å²) in [5.41, 5.74) is 4.24. The third-order valence-electron chi connectivity index (χ3n) is 2.99. The van der Waals surface area contributed by atoms with E-state index < -0.39 is 0 Å². The van der Waals surface area contributed by atoms with Gasteiger partial charge in [0, 0.05) is 17.2 Å². The van der Waals surface area contributed by atoms with Crippen LogP contribution in [0.3, 0.4) is 0 Å². The van der Waals surface area contributed by atoms with Gasteiger partial charge in [0.15, 0.2) is 5.76 Å². The molecule has 2 heteroatoms. The number of aryl methyl sites for hydroxylation is 1. The predicted octanol–water partition coefficient (Wildman–Crippen LogP) is 4.32. The minimum Gasteiger partial charge on any atom is -0.356 e. The lowest BCUT2D eigenvalue weighted by Crippen LogP contribution is -1.81. The van der Waals surface area contributed by atoms with Crippen LogP contribution in [0.5, 0.6) is 0 Å². The van der Waals surface area contributed by atoms with Crippen molar-refractivity contribution < 1.29 is 4.52 Å². The first-order valence-electron chi connectivity index (χ1n) is 5.93. The van der Waals surface area contributed by atoms with Crippen LogP contribution in [0.25, 0.3) is 22.6 Å². The van der Waals surface area contributed by atoms with E-state index in [-0.39, 0.29) is 0 Å². The molecule has 0 N–H and O–H groups in total. The van der Waals surface area contributed by atoms with Gasteiger partial charge in [0.1, 0.15) is 5.69 Å². The summed E-state index contributed by atoms with van der Waals surface area (Å²) in [4.78, 5) is 0. The monoisotopic (exact) mass is 235 g/mol. The zero-order chi connectivity index (χ0) is 12.4. The molecule has 1 heterocycles. The van der Waals surface area contributed by atoms with Crippen LogP contribution in [0.1, 0.15) is 5.56 Å². The fourth-order valence-electron chi connectivity index (χ4n) is 2.00. The summed E-state index contributed by atoms with van der Waals surface area (Å²) < 4.78 is 5.41. The van der Waals surface area contributed by atoms with E-state index >= 15 is 0 Å². The summed E-state index contributed by atoms with van der Waals surface area (Å²) in [6.45, 7) is 2.08. The number of nitrogens with zero attached hydrogens (tertiary/aromatic N) is 1. The standard InChI is InChI=1S/C16H13NO/c1-12-7-5-6-10-14(12)15-11-16(18-17-15)13-8-3-2-4-9-13/h2-11H,1H3. The molecule has 0 aliphatic heterocycles. The number of aromatic nitrogens is 1. The zero-order valence-corrected chi connectivity index (χ0v) is 10.1. The van der Waals surface area contributed by atoms with Crippen molar-refractivity contribution in [3.63, 3.8) is 0 Å². The van der Waals surface area contributed by atoms with Crippen molar-refractivity contribution in [1.82, 2.24) is 5.16 Å². The van der Waals surface area contributed by atoms with Gasteiger partial charge >= 0.3 is 0 Å². The van der Waals surface area contributed by atoms with Crippen molar-refractivity contribution in [2.45, 2.75) is 6.92 Å². The Bertz CT molecular complexity index is 656. The van der Waals surface area contributed by atoms with E-state index in [1.54, 1.807) is 0 Å². The molecule has 0 aliphatic carbocycles. The van der Waals surface area contributed by atoms with Crippen LogP contribution >= 0.6 is 0 Å². The third-order valence-corrected chi connectivity index (χ3v) is 2.99. The second-order valence-electron chi connectivity index (χ2n) is 4.26. The van der Waals surface area contributed by atoms with Crippen LogP contribution < -0.4 is 0 Å². The van der Waals surface area contributed by atoms with Crippen molar-refractivity contribution in [3.8, 4) is 22.6 Å². The molecule has 0 bridgehead atoms. The highest BCUT2D eigenvalue weighted by atomic mass is 16.5. The Labute approximate surface area is 106 Å². The molecule has 1 aromatic heterocycles. The van der Waals surface area contributed by atoms with Crippen LogP contribution in [0.2, 0.25) is 0 Å². The maximum absolute atomic E-state index is 5.41. The lowest BCUT2D eigenvalue weighted by atomic mass is 10.1. The van der Waals surface area contributed by atoms with Crippen LogP contribution in [-0.2, 0) is 0 Å². The second-order valence-corrected chi connectivity index (χ2v) is 4.26. The summed E-state index contributed by atoms with van der Waals surface area (Å²) in [6, 6.07) is 20.2. The molecule has 18 heavy (non-hydrogen) atoms. The van der Waals surface area contributed by atoms with Crippen molar-refractivity contribution >= 4 is 0 Å². The quantitative estimate of drug-likeness (QED) is 0.661. The van der Waals surface area contributed by atoms with E-state index in [2.05, 4.69) is 24.2 Å². The first kappa shape index (κ1) is 10.8. The van der Waals surface area contributed by atoms with Crippen molar-refractivity contribution in [2.24, 2.45) is 0 Å². The third kappa shape index (κ3) is 1.93. The summed E-state index contributed by atoms with van der Waals surface area (Å²) in [7, 11) is 0. The van der Waals surface area contributed by atoms with E-state index in [1.807, 2.05) is 48.5 Å². The molecular formula is C16H13NO. The molecular weight excluding hydrogens is 222 g/mol. The van der Waals surface area contributed by atoms with Crippen molar-refractivity contribution in [1.29, 1.82) is 0 Å². The Morgan fingerprint density at radius 1 is 0.889 bits per heavy atom. The maximum Gasteiger partial charge on any atom is 0.167 e. The fourth-order valence-corrected chi connectivity index (χ4v) is 2.00. The maximum atomic E-state index is 5.41. The lowest BCUT2D eigenvalue weighted by Gasteiger charge is -1.99. The molecule has 0 saturated carbocycles. The summed E-state index contributed by atoms with van der Waals surface area (Å²) in [6.07, 6.45) is 0. The number of hydrogen-bond donors (Lipinski definition) is 0. The minimum atomic E-state index is 0.800. The van der Waals surface area contributed by atoms with Gasteiger partial charge in [-0.05, 0) is 12.5 Å². The molecule has 0 unspecified atom stereocenters. The molecule has 3 rings (SSSR count). The van der Waals surface area contributed by atoms with Gasteiger partial charge in [-0.3, -0.25) is 0 Å². The Morgan fingerprint density at radius 2 is 1.61 bits per heavy atom. The summed E-state index contributed by atoms with van der Waals surface area (Å²) in [5.74, 6) is 0.800. The van der Waals surface area contributed by atoms with E-state index in [0.29, 0.717) is 0 Å². The molecule has 0 amide bonds. The Kier molecular flexibility index (Phi) is 2.69. The molecule has 2 nitrogen and oxygen atoms in total. The normalized spacial score (nSPS) is 10.5. The topological polar surface area (TPSA) is 26.0 Å². The highest BCUT2D eigenvalue weighted by Crippen LogP contribution is 2.27. The van der Waals surface area contributed by atoms with Gasteiger partial charge in [-0.25, -0.2) is 0 Å². The van der Waals surface area contributed by atoms with Crippen LogP contribution in [0, 0.1) is 6.92 Å². The van der Waals surface area contributed by atoms with E-state index in [9.17, 15) is 0 Å². The summed E-state index contributed by atoms with van der Waals surface area (Å²) >= 11 is 0. The Balaban J connectivity index is 2.03. The highest BCUT2D eigenvalue weighted by molar-refractivity contribution is 5.68. The van der Waals surface area contributed by atoms with E-state index in [0.717, 1.165) is 22.6 Å². The minimum absolute atomic E-state index is 0.800. The highest BCUT2D eigenvalue weighted by Gasteiger charge is 2.09. The molecule has 0 atom stereocenters. The van der Waals surface area contributed by atoms with E-state index in [4.69, 9.17) is 4.52 Å². The Morgan fingerprint density at radius 3 is 2.39 bits per heavy atom. The van der Waals surface area contributed by atoms with Gasteiger partial charge in [0.05, 0.1) is 0 Å². The molecule has 2 aromatic carbocycles. The molecule has 88 valence electrons. The molecule has 0 saturated heterocycles. The van der Waals surface area contributed by atoms with E-state index in [1.165, 1.54) is 5.56 Å². The molecule has 0 aliphatic rings. The molecule has 0 spiro atoms. The average Bonchev–Trinajstić information content (AvgIpc) is 2.90. The molecule has 0 fully saturated rings. The van der Waals surface area contributed by atoms with Gasteiger partial charge in [0.25, 0.3) is 0 Å². The molecule has 0 radical (unpaired) electrons. The van der Waals surface area contributed by atoms with Crippen LogP contribution in [0.4, 0.5) is 0 Å². The average molecular weight is 235 g/mol. The van der Waals surface area contributed by atoms with Crippen molar-refractivity contribution in [3.05, 3.63) is 66.2 Å². The fraction of sp³-hybridized carbons (Fsp3) is 0.0625. The van der Waals surface area contributed by atoms with Crippen LogP contribution in [-0.4, -0.2) is 5.16 Å². The van der Waals surface area contributed by atoms with Gasteiger partial charge in [-0.15, -0.1) is 0 Å². The zero-order valence-electron chi connectivity index (χ0n) is 10.1. The number of benzene rings is 2. The number of hydrogen-bond acceptors (Lipinski definition) is 2. The van der Waals surface area contributed by atoms with Crippen LogP contribution in [0.15, 0.2) is 65.2 Å². The second kappa shape index (κ2) is 4.49. The van der Waals surface area contributed by atoms with Gasteiger partial charge < -0.3 is 4.52 Å². The van der Waals surface area contributed by atoms with Crippen molar-refractivity contribution in [2.75, 3.05) is 0 Å². The smallest absolute Gasteiger partial charge is 0.167 e. The summed E-state index contributed by atoms with van der Waals surface area (Å²) in [5, 5.41) is 4.15. The lowest BCUT2D eigenvalue weighted by molar-refractivity contribution is 0.435. The first-order chi connectivity index (χ1) is 8.84. The Hall–Kier alpha value is -2.35. The predicted molar refractivity (Wildman–Crippen MR) is 72.1 cm³/mol. The van der Waals surface area contributed by atoms with Gasteiger partial charge in [0.2, 0.25) is 0 Å². The first-order valence-corrected chi connectivity index (χ1v) is 5.93. The molecule has 3 aromatic rings. The SMILES string of the molecule is Cc1ccccc1-c1cc(-c2ccccc2)on1. The van der Waals surface area contributed by atoms with Gasteiger partial charge in [-0.2, -0.15) is 0 Å².